The van der Waals surface area contributed by atoms with E-state index in [1.807, 2.05) is 21.1 Å². The molecule has 0 aromatic carbocycles. The van der Waals surface area contributed by atoms with E-state index >= 15 is 0 Å². The normalized spacial score (nSPS) is 13.7. The van der Waals surface area contributed by atoms with Gasteiger partial charge in [0.2, 0.25) is 0 Å². The zero-order valence-corrected chi connectivity index (χ0v) is 32.1. The first kappa shape index (κ1) is 46.0. The molecule has 0 heterocycles. The van der Waals surface area contributed by atoms with E-state index in [4.69, 9.17) is 18.5 Å². The first-order valence-corrected chi connectivity index (χ1v) is 20.7. The number of carbonyl (C=O) groups excluding carboxylic acids is 2. The lowest BCUT2D eigenvalue weighted by Gasteiger charge is -2.28. The highest BCUT2D eigenvalue weighted by atomic mass is 31.2. The van der Waals surface area contributed by atoms with Gasteiger partial charge in [-0.1, -0.05) is 149 Å². The van der Waals surface area contributed by atoms with Gasteiger partial charge in [-0.25, -0.2) is 0 Å². The van der Waals surface area contributed by atoms with Crippen LogP contribution >= 0.6 is 7.82 Å². The fraction of sp³-hybridized carbons (Fsp3) is 0.946. The van der Waals surface area contributed by atoms with E-state index < -0.39 is 26.5 Å². The maximum atomic E-state index is 12.6. The molecule has 0 aliphatic heterocycles. The van der Waals surface area contributed by atoms with Gasteiger partial charge in [0.1, 0.15) is 19.8 Å². The number of phosphoric ester groups is 1. The molecule has 280 valence electrons. The SMILES string of the molecule is CCCCCCCCCCCCCCC(=O)OCC(COP(=O)([O-])OCC[N+](C)(C)C)OC(=O)CCCCCCCCCCCCC. The summed E-state index contributed by atoms with van der Waals surface area (Å²) in [6.07, 6.45) is 26.9. The first-order valence-electron chi connectivity index (χ1n) is 19.2. The third kappa shape index (κ3) is 34.7. The smallest absolute Gasteiger partial charge is 0.306 e. The number of likely N-dealkylation sites (N-methyl/N-ethyl adjacent to an activating group) is 1. The molecule has 0 N–H and O–H groups in total. The second-order valence-electron chi connectivity index (χ2n) is 14.3. The van der Waals surface area contributed by atoms with Crippen molar-refractivity contribution in [3.8, 4) is 0 Å². The van der Waals surface area contributed by atoms with Gasteiger partial charge < -0.3 is 27.9 Å². The van der Waals surface area contributed by atoms with Crippen molar-refractivity contribution in [2.45, 2.75) is 180 Å². The van der Waals surface area contributed by atoms with Gasteiger partial charge in [-0.15, -0.1) is 0 Å². The molecule has 2 atom stereocenters. The Morgan fingerprint density at radius 3 is 1.36 bits per heavy atom. The van der Waals surface area contributed by atoms with Crippen molar-refractivity contribution in [3.05, 3.63) is 0 Å². The van der Waals surface area contributed by atoms with Crippen LogP contribution in [0.1, 0.15) is 174 Å². The minimum atomic E-state index is -4.61. The maximum Gasteiger partial charge on any atom is 0.306 e. The number of phosphoric acid groups is 1. The van der Waals surface area contributed by atoms with E-state index in [2.05, 4.69) is 13.8 Å². The second kappa shape index (κ2) is 31.0. The molecule has 0 amide bonds. The predicted molar refractivity (Wildman–Crippen MR) is 190 cm³/mol. The topological polar surface area (TPSA) is 111 Å². The van der Waals surface area contributed by atoms with Gasteiger partial charge in [0.15, 0.2) is 6.10 Å². The van der Waals surface area contributed by atoms with Gasteiger partial charge in [-0.3, -0.25) is 14.2 Å². The Labute approximate surface area is 289 Å². The van der Waals surface area contributed by atoms with Crippen molar-refractivity contribution in [2.24, 2.45) is 0 Å². The highest BCUT2D eigenvalue weighted by Gasteiger charge is 2.21. The van der Waals surface area contributed by atoms with Crippen LogP contribution in [0, 0.1) is 0 Å². The van der Waals surface area contributed by atoms with Gasteiger partial charge in [0, 0.05) is 12.8 Å². The molecule has 0 aromatic rings. The van der Waals surface area contributed by atoms with Crippen molar-refractivity contribution >= 4 is 19.8 Å². The van der Waals surface area contributed by atoms with Crippen LogP contribution in [0.15, 0.2) is 0 Å². The summed E-state index contributed by atoms with van der Waals surface area (Å²) in [5, 5.41) is 0. The molecular weight excluding hydrogens is 617 g/mol. The quantitative estimate of drug-likeness (QED) is 0.0280. The minimum absolute atomic E-state index is 0.0262. The van der Waals surface area contributed by atoms with Crippen LogP contribution in [0.5, 0.6) is 0 Å². The highest BCUT2D eigenvalue weighted by molar-refractivity contribution is 7.45. The zero-order valence-electron chi connectivity index (χ0n) is 31.2. The number of rotatable bonds is 35. The summed E-state index contributed by atoms with van der Waals surface area (Å²) in [6.45, 7) is 4.22. The molecule has 0 saturated carbocycles. The summed E-state index contributed by atoms with van der Waals surface area (Å²) < 4.78 is 33.7. The predicted octanol–water partition coefficient (Wildman–Crippen LogP) is 9.44. The lowest BCUT2D eigenvalue weighted by molar-refractivity contribution is -0.870. The molecule has 9 nitrogen and oxygen atoms in total. The molecule has 0 saturated heterocycles. The molecule has 0 aromatic heterocycles. The molecule has 47 heavy (non-hydrogen) atoms. The number of nitrogens with zero attached hydrogens (tertiary/aromatic N) is 1. The van der Waals surface area contributed by atoms with Gasteiger partial charge in [-0.2, -0.15) is 0 Å². The van der Waals surface area contributed by atoms with Gasteiger partial charge >= 0.3 is 11.9 Å². The molecule has 0 spiro atoms. The molecule has 0 aliphatic rings. The van der Waals surface area contributed by atoms with Crippen LogP contribution in [0.4, 0.5) is 0 Å². The molecule has 0 rings (SSSR count). The Bertz CT molecular complexity index is 789. The summed E-state index contributed by atoms with van der Waals surface area (Å²) in [5.74, 6) is -0.828. The fourth-order valence-corrected chi connectivity index (χ4v) is 6.03. The number of esters is 2. The standard InChI is InChI=1S/C37H74NO8P/c1-6-8-10-12-14-16-18-20-21-23-25-27-29-36(39)43-33-35(34-45-47(41,42)44-32-31-38(3,4)5)46-37(40)30-28-26-24-22-19-17-15-13-11-9-7-2/h35H,6-34H2,1-5H3. The molecule has 0 fully saturated rings. The van der Waals surface area contributed by atoms with Gasteiger partial charge in [0.05, 0.1) is 27.7 Å². The van der Waals surface area contributed by atoms with Crippen LogP contribution in [0.25, 0.3) is 0 Å². The summed E-state index contributed by atoms with van der Waals surface area (Å²) in [6, 6.07) is 0. The van der Waals surface area contributed by atoms with Crippen molar-refractivity contribution in [3.63, 3.8) is 0 Å². The Hall–Kier alpha value is -0.990. The van der Waals surface area contributed by atoms with Crippen LogP contribution in [-0.2, 0) is 32.7 Å². The third-order valence-electron chi connectivity index (χ3n) is 8.38. The van der Waals surface area contributed by atoms with Crippen LogP contribution in [0.2, 0.25) is 0 Å². The van der Waals surface area contributed by atoms with Crippen LogP contribution in [0.3, 0.4) is 0 Å². The summed E-state index contributed by atoms with van der Waals surface area (Å²) >= 11 is 0. The first-order chi connectivity index (χ1) is 22.5. The molecule has 10 heteroatoms. The Balaban J connectivity index is 4.41. The van der Waals surface area contributed by atoms with Crippen molar-refractivity contribution in [1.82, 2.24) is 0 Å². The minimum Gasteiger partial charge on any atom is -0.756 e. The van der Waals surface area contributed by atoms with E-state index in [1.165, 1.54) is 109 Å². The highest BCUT2D eigenvalue weighted by Crippen LogP contribution is 2.38. The number of ether oxygens (including phenoxy) is 2. The van der Waals surface area contributed by atoms with E-state index in [9.17, 15) is 19.0 Å². The molecule has 0 bridgehead atoms. The van der Waals surface area contributed by atoms with E-state index in [-0.39, 0.29) is 32.0 Å². The zero-order chi connectivity index (χ0) is 35.1. The van der Waals surface area contributed by atoms with E-state index in [0.717, 1.165) is 32.1 Å². The Morgan fingerprint density at radius 2 is 0.957 bits per heavy atom. The largest absolute Gasteiger partial charge is 0.756 e. The number of hydrogen-bond donors (Lipinski definition) is 0. The molecular formula is C37H74NO8P. The summed E-state index contributed by atoms with van der Waals surface area (Å²) in [7, 11) is 1.18. The molecule has 0 aliphatic carbocycles. The van der Waals surface area contributed by atoms with E-state index in [0.29, 0.717) is 17.4 Å². The van der Waals surface area contributed by atoms with Crippen LogP contribution < -0.4 is 4.89 Å². The van der Waals surface area contributed by atoms with Crippen molar-refractivity contribution in [2.75, 3.05) is 47.5 Å². The average Bonchev–Trinajstić information content (AvgIpc) is 3.01. The van der Waals surface area contributed by atoms with Gasteiger partial charge in [-0.05, 0) is 12.8 Å². The van der Waals surface area contributed by atoms with E-state index in [1.54, 1.807) is 0 Å². The number of carbonyl (C=O) groups is 2. The number of hydrogen-bond acceptors (Lipinski definition) is 8. The summed E-state index contributed by atoms with van der Waals surface area (Å²) in [4.78, 5) is 37.3. The monoisotopic (exact) mass is 692 g/mol. The third-order valence-corrected chi connectivity index (χ3v) is 9.34. The number of quaternary nitrogens is 1. The summed E-state index contributed by atoms with van der Waals surface area (Å²) in [5.41, 5.74) is 0. The Morgan fingerprint density at radius 1 is 0.574 bits per heavy atom. The molecule has 0 radical (unpaired) electrons. The maximum absolute atomic E-state index is 12.6. The van der Waals surface area contributed by atoms with Crippen molar-refractivity contribution < 1.29 is 42.1 Å². The van der Waals surface area contributed by atoms with Gasteiger partial charge in [0.25, 0.3) is 7.82 Å². The van der Waals surface area contributed by atoms with Crippen molar-refractivity contribution in [1.29, 1.82) is 0 Å². The fourth-order valence-electron chi connectivity index (χ4n) is 5.30. The Kier molecular flexibility index (Phi) is 30.4. The second-order valence-corrected chi connectivity index (χ2v) is 15.7. The lowest BCUT2D eigenvalue weighted by atomic mass is 10.0. The average molecular weight is 692 g/mol. The lowest BCUT2D eigenvalue weighted by Crippen LogP contribution is -2.37. The van der Waals surface area contributed by atoms with Crippen LogP contribution in [-0.4, -0.2) is 70.0 Å². The number of unbranched alkanes of at least 4 members (excludes halogenated alkanes) is 21. The molecule has 2 unspecified atom stereocenters.